The Bertz CT molecular complexity index is 918. The average molecular weight is 360 g/mol. The Kier molecular flexibility index (Phi) is 4.69. The molecule has 5 heteroatoms. The molecule has 0 atom stereocenters. The summed E-state index contributed by atoms with van der Waals surface area (Å²) in [6.45, 7) is 1.00. The number of aromatic nitrogens is 2. The van der Waals surface area contributed by atoms with Crippen LogP contribution >= 0.6 is 0 Å². The normalized spacial score (nSPS) is 14.7. The number of rotatable bonds is 7. The van der Waals surface area contributed by atoms with Gasteiger partial charge in [0.15, 0.2) is 0 Å². The van der Waals surface area contributed by atoms with Gasteiger partial charge >= 0.3 is 5.97 Å². The third-order valence-electron chi connectivity index (χ3n) is 5.04. The molecule has 136 valence electrons. The van der Waals surface area contributed by atoms with Crippen molar-refractivity contribution in [2.75, 3.05) is 0 Å². The average Bonchev–Trinajstić information content (AvgIpc) is 3.52. The zero-order chi connectivity index (χ0) is 18.7. The molecule has 4 rings (SSSR count). The number of nitrogens with zero attached hydrogens (tertiary/aromatic N) is 2. The summed E-state index contributed by atoms with van der Waals surface area (Å²) in [5, 5.41) is 9.40. The van der Waals surface area contributed by atoms with E-state index in [1.807, 2.05) is 36.4 Å². The van der Waals surface area contributed by atoms with Gasteiger partial charge in [0.25, 0.3) is 0 Å². The Morgan fingerprint density at radius 3 is 2.00 bits per heavy atom. The van der Waals surface area contributed by atoms with Crippen LogP contribution in [0, 0.1) is 0 Å². The van der Waals surface area contributed by atoms with Crippen molar-refractivity contribution >= 4 is 5.97 Å². The second-order valence-corrected chi connectivity index (χ2v) is 6.90. The lowest BCUT2D eigenvalue weighted by Crippen LogP contribution is -2.19. The highest BCUT2D eigenvalue weighted by Crippen LogP contribution is 2.48. The molecular weight excluding hydrogens is 340 g/mol. The molecule has 1 aromatic heterocycles. The fourth-order valence-corrected chi connectivity index (χ4v) is 3.22. The molecule has 0 aliphatic heterocycles. The number of carboxylic acids is 1. The molecule has 5 nitrogen and oxygen atoms in total. The van der Waals surface area contributed by atoms with Gasteiger partial charge < -0.3 is 9.84 Å². The first-order valence-corrected chi connectivity index (χ1v) is 8.92. The Hall–Kier alpha value is -3.05. The standard InChI is InChI=1S/C22H20N2O3/c25-21(26)22(9-10-22)20-7-5-19(6-8-20)18-3-1-16(2-4-18)13-27-14-17-11-23-15-24-12-17/h1-8,11-12,15H,9-10,13-14H2,(H,25,26). The van der Waals surface area contributed by atoms with Gasteiger partial charge in [0.2, 0.25) is 0 Å². The van der Waals surface area contributed by atoms with E-state index in [-0.39, 0.29) is 0 Å². The van der Waals surface area contributed by atoms with Crippen molar-refractivity contribution in [3.8, 4) is 11.1 Å². The molecule has 1 aliphatic rings. The van der Waals surface area contributed by atoms with Gasteiger partial charge in [-0.1, -0.05) is 48.5 Å². The smallest absolute Gasteiger partial charge is 0.314 e. The van der Waals surface area contributed by atoms with Crippen LogP contribution in [0.25, 0.3) is 11.1 Å². The van der Waals surface area contributed by atoms with Crippen LogP contribution in [0.4, 0.5) is 0 Å². The summed E-state index contributed by atoms with van der Waals surface area (Å²) in [5.74, 6) is -0.721. The molecule has 1 saturated carbocycles. The van der Waals surface area contributed by atoms with Crippen molar-refractivity contribution in [2.24, 2.45) is 0 Å². The van der Waals surface area contributed by atoms with Gasteiger partial charge in [-0.05, 0) is 35.1 Å². The van der Waals surface area contributed by atoms with Gasteiger partial charge in [0.1, 0.15) is 6.33 Å². The van der Waals surface area contributed by atoms with Gasteiger partial charge in [0.05, 0.1) is 18.6 Å². The first kappa shape index (κ1) is 17.4. The molecule has 1 aliphatic carbocycles. The molecule has 1 fully saturated rings. The highest BCUT2D eigenvalue weighted by molar-refractivity contribution is 5.85. The summed E-state index contributed by atoms with van der Waals surface area (Å²) in [5.41, 5.74) is 4.47. The van der Waals surface area contributed by atoms with Crippen LogP contribution in [0.1, 0.15) is 29.5 Å². The highest BCUT2D eigenvalue weighted by atomic mass is 16.5. The molecule has 0 saturated heterocycles. The molecule has 0 radical (unpaired) electrons. The fourth-order valence-electron chi connectivity index (χ4n) is 3.22. The predicted octanol–water partition coefficient (Wildman–Crippen LogP) is 3.98. The van der Waals surface area contributed by atoms with Crippen LogP contribution in [0.15, 0.2) is 67.3 Å². The number of carbonyl (C=O) groups is 1. The zero-order valence-electron chi connectivity index (χ0n) is 14.8. The van der Waals surface area contributed by atoms with Crippen molar-refractivity contribution in [3.63, 3.8) is 0 Å². The van der Waals surface area contributed by atoms with Gasteiger partial charge in [-0.3, -0.25) is 4.79 Å². The fraction of sp³-hybridized carbons (Fsp3) is 0.227. The van der Waals surface area contributed by atoms with Crippen molar-refractivity contribution in [3.05, 3.63) is 83.9 Å². The van der Waals surface area contributed by atoms with E-state index in [0.717, 1.165) is 40.7 Å². The molecular formula is C22H20N2O3. The number of ether oxygens (including phenoxy) is 1. The number of benzene rings is 2. The maximum Gasteiger partial charge on any atom is 0.314 e. The summed E-state index contributed by atoms with van der Waals surface area (Å²) in [4.78, 5) is 19.4. The Balaban J connectivity index is 1.38. The van der Waals surface area contributed by atoms with E-state index < -0.39 is 11.4 Å². The highest BCUT2D eigenvalue weighted by Gasteiger charge is 2.51. The van der Waals surface area contributed by atoms with Crippen molar-refractivity contribution in [1.29, 1.82) is 0 Å². The van der Waals surface area contributed by atoms with Crippen LogP contribution in [0.3, 0.4) is 0 Å². The van der Waals surface area contributed by atoms with Crippen LogP contribution in [-0.2, 0) is 28.2 Å². The zero-order valence-corrected chi connectivity index (χ0v) is 14.8. The molecule has 27 heavy (non-hydrogen) atoms. The molecule has 0 spiro atoms. The van der Waals surface area contributed by atoms with E-state index >= 15 is 0 Å². The minimum Gasteiger partial charge on any atom is -0.481 e. The van der Waals surface area contributed by atoms with E-state index in [0.29, 0.717) is 13.2 Å². The Morgan fingerprint density at radius 2 is 1.44 bits per heavy atom. The van der Waals surface area contributed by atoms with E-state index in [9.17, 15) is 9.90 Å². The van der Waals surface area contributed by atoms with Crippen molar-refractivity contribution in [2.45, 2.75) is 31.5 Å². The lowest BCUT2D eigenvalue weighted by atomic mass is 9.94. The molecule has 0 unspecified atom stereocenters. The van der Waals surface area contributed by atoms with Crippen molar-refractivity contribution < 1.29 is 14.6 Å². The minimum absolute atomic E-state index is 0.482. The first-order chi connectivity index (χ1) is 13.2. The topological polar surface area (TPSA) is 72.3 Å². The monoisotopic (exact) mass is 360 g/mol. The second kappa shape index (κ2) is 7.29. The minimum atomic E-state index is -0.721. The van der Waals surface area contributed by atoms with E-state index in [4.69, 9.17) is 4.74 Å². The van der Waals surface area contributed by atoms with Gasteiger partial charge in [0, 0.05) is 18.0 Å². The largest absolute Gasteiger partial charge is 0.481 e. The van der Waals surface area contributed by atoms with Crippen molar-refractivity contribution in [1.82, 2.24) is 9.97 Å². The van der Waals surface area contributed by atoms with Crippen LogP contribution in [-0.4, -0.2) is 21.0 Å². The summed E-state index contributed by atoms with van der Waals surface area (Å²) >= 11 is 0. The second-order valence-electron chi connectivity index (χ2n) is 6.90. The molecule has 3 aromatic rings. The maximum atomic E-state index is 11.4. The Morgan fingerprint density at radius 1 is 0.889 bits per heavy atom. The van der Waals surface area contributed by atoms with E-state index in [2.05, 4.69) is 22.1 Å². The third kappa shape index (κ3) is 3.73. The Labute approximate surface area is 157 Å². The summed E-state index contributed by atoms with van der Waals surface area (Å²) in [7, 11) is 0. The first-order valence-electron chi connectivity index (χ1n) is 8.92. The third-order valence-corrected chi connectivity index (χ3v) is 5.04. The number of carboxylic acid groups (broad SMARTS) is 1. The summed E-state index contributed by atoms with van der Waals surface area (Å²) in [6.07, 6.45) is 6.45. The van der Waals surface area contributed by atoms with Crippen LogP contribution < -0.4 is 0 Å². The molecule has 1 heterocycles. The quantitative estimate of drug-likeness (QED) is 0.690. The number of aliphatic carboxylic acids is 1. The summed E-state index contributed by atoms with van der Waals surface area (Å²) in [6, 6.07) is 16.1. The van der Waals surface area contributed by atoms with E-state index in [1.165, 1.54) is 6.33 Å². The number of hydrogen-bond acceptors (Lipinski definition) is 4. The van der Waals surface area contributed by atoms with Gasteiger partial charge in [-0.25, -0.2) is 9.97 Å². The van der Waals surface area contributed by atoms with Crippen LogP contribution in [0.5, 0.6) is 0 Å². The maximum absolute atomic E-state index is 11.4. The predicted molar refractivity (Wildman–Crippen MR) is 101 cm³/mol. The van der Waals surface area contributed by atoms with Gasteiger partial charge in [-0.15, -0.1) is 0 Å². The van der Waals surface area contributed by atoms with Crippen LogP contribution in [0.2, 0.25) is 0 Å². The van der Waals surface area contributed by atoms with E-state index in [1.54, 1.807) is 12.4 Å². The molecule has 0 bridgehead atoms. The molecule has 2 aromatic carbocycles. The molecule has 0 amide bonds. The number of hydrogen-bond donors (Lipinski definition) is 1. The van der Waals surface area contributed by atoms with Gasteiger partial charge in [-0.2, -0.15) is 0 Å². The summed E-state index contributed by atoms with van der Waals surface area (Å²) < 4.78 is 5.70. The SMILES string of the molecule is O=C(O)C1(c2ccc(-c3ccc(COCc4cncnc4)cc3)cc2)CC1. The lowest BCUT2D eigenvalue weighted by molar-refractivity contribution is -0.140. The lowest BCUT2D eigenvalue weighted by Gasteiger charge is -2.11. The molecule has 1 N–H and O–H groups in total.